The molecule has 2 aromatic carbocycles. The first-order chi connectivity index (χ1) is 16.9. The molecule has 0 saturated heterocycles. The first kappa shape index (κ1) is 23.4. The monoisotopic (exact) mass is 488 g/mol. The Hall–Kier alpha value is -3.36. The molecule has 0 bridgehead atoms. The van der Waals surface area contributed by atoms with Crippen LogP contribution in [0.1, 0.15) is 47.4 Å². The molecule has 3 heterocycles. The van der Waals surface area contributed by atoms with Crippen molar-refractivity contribution in [1.29, 1.82) is 0 Å². The zero-order chi connectivity index (χ0) is 24.5. The topological polar surface area (TPSA) is 84.4 Å². The van der Waals surface area contributed by atoms with Gasteiger partial charge in [-0.1, -0.05) is 42.5 Å². The van der Waals surface area contributed by atoms with E-state index in [0.29, 0.717) is 17.2 Å². The minimum absolute atomic E-state index is 0.408. The van der Waals surface area contributed by atoms with E-state index in [1.54, 1.807) is 6.92 Å². The van der Waals surface area contributed by atoms with Gasteiger partial charge in [-0.15, -0.1) is 0 Å². The highest BCUT2D eigenvalue weighted by Crippen LogP contribution is 2.30. The van der Waals surface area contributed by atoms with Crippen molar-refractivity contribution >= 4 is 49.5 Å². The summed E-state index contributed by atoms with van der Waals surface area (Å²) in [6, 6.07) is 13.6. The number of nitrogens with zero attached hydrogens (tertiary/aromatic N) is 3. The van der Waals surface area contributed by atoms with E-state index in [9.17, 15) is 9.59 Å². The second-order valence-corrected chi connectivity index (χ2v) is 10.0. The summed E-state index contributed by atoms with van der Waals surface area (Å²) in [4.78, 5) is 38.0. The third kappa shape index (κ3) is 4.76. The van der Waals surface area contributed by atoms with Gasteiger partial charge in [0.25, 0.3) is 5.91 Å². The summed E-state index contributed by atoms with van der Waals surface area (Å²) in [5, 5.41) is 4.04. The number of esters is 1. The van der Waals surface area contributed by atoms with Crippen molar-refractivity contribution in [3.05, 3.63) is 64.8 Å². The number of amides is 1. The van der Waals surface area contributed by atoms with Crippen LogP contribution in [-0.4, -0.2) is 45.9 Å². The Labute approximate surface area is 208 Å². The lowest BCUT2D eigenvalue weighted by Crippen LogP contribution is -2.34. The standard InChI is InChI=1S/C27H28N4O3S/c1-4-12-31-13-11-21-19(15-31)24(18-7-5-6-8-20(18)28-21)26(33)34-17(3)25(32)30-27-29-22-10-9-16(2)14-23(22)35-27/h5-10,14,17H,4,11-13,15H2,1-3H3,(H,29,30,32). The summed E-state index contributed by atoms with van der Waals surface area (Å²) in [7, 11) is 0. The lowest BCUT2D eigenvalue weighted by Gasteiger charge is -2.29. The van der Waals surface area contributed by atoms with Gasteiger partial charge < -0.3 is 4.74 Å². The molecule has 1 aliphatic rings. The Morgan fingerprint density at radius 3 is 2.83 bits per heavy atom. The number of anilines is 1. The van der Waals surface area contributed by atoms with Gasteiger partial charge in [-0.25, -0.2) is 9.78 Å². The highest BCUT2D eigenvalue weighted by Gasteiger charge is 2.28. The summed E-state index contributed by atoms with van der Waals surface area (Å²) >= 11 is 1.40. The smallest absolute Gasteiger partial charge is 0.339 e. The molecule has 0 radical (unpaired) electrons. The molecule has 4 aromatic rings. The lowest BCUT2D eigenvalue weighted by atomic mass is 9.95. The number of hydrogen-bond donors (Lipinski definition) is 1. The number of para-hydroxylation sites is 1. The predicted molar refractivity (Wildman–Crippen MR) is 139 cm³/mol. The Kier molecular flexibility index (Phi) is 6.49. The number of benzene rings is 2. The number of thiazole rings is 1. The van der Waals surface area contributed by atoms with Gasteiger partial charge in [0.1, 0.15) is 0 Å². The van der Waals surface area contributed by atoms with Gasteiger partial charge in [0, 0.05) is 36.2 Å². The van der Waals surface area contributed by atoms with Gasteiger partial charge in [-0.3, -0.25) is 20.0 Å². The number of nitrogens with one attached hydrogen (secondary N) is 1. The molecule has 7 nitrogen and oxygen atoms in total. The minimum atomic E-state index is -0.978. The van der Waals surface area contributed by atoms with Gasteiger partial charge in [0.05, 0.1) is 21.3 Å². The van der Waals surface area contributed by atoms with Crippen LogP contribution < -0.4 is 5.32 Å². The molecule has 5 rings (SSSR count). The third-order valence-electron chi connectivity index (χ3n) is 6.30. The number of aryl methyl sites for hydroxylation is 1. The SMILES string of the molecule is CCCN1CCc2nc3ccccc3c(C(=O)OC(C)C(=O)Nc3nc4ccc(C)cc4s3)c2C1. The van der Waals surface area contributed by atoms with Crippen LogP contribution in [0.2, 0.25) is 0 Å². The average molecular weight is 489 g/mol. The van der Waals surface area contributed by atoms with Crippen molar-refractivity contribution in [3.63, 3.8) is 0 Å². The molecule has 1 N–H and O–H groups in total. The van der Waals surface area contributed by atoms with Gasteiger partial charge in [0.15, 0.2) is 11.2 Å². The first-order valence-corrected chi connectivity index (χ1v) is 12.8. The number of ether oxygens (including phenoxy) is 1. The quantitative estimate of drug-likeness (QED) is 0.380. The molecule has 0 aliphatic carbocycles. The minimum Gasteiger partial charge on any atom is -0.449 e. The van der Waals surface area contributed by atoms with Crippen LogP contribution in [0.4, 0.5) is 5.13 Å². The fourth-order valence-electron chi connectivity index (χ4n) is 4.55. The Morgan fingerprint density at radius 1 is 1.17 bits per heavy atom. The molecule has 8 heteroatoms. The van der Waals surface area contributed by atoms with Crippen LogP contribution in [0.3, 0.4) is 0 Å². The Bertz CT molecular complexity index is 1430. The molecular formula is C27H28N4O3S. The maximum absolute atomic E-state index is 13.5. The molecule has 180 valence electrons. The molecule has 0 saturated carbocycles. The molecule has 0 fully saturated rings. The predicted octanol–water partition coefficient (Wildman–Crippen LogP) is 5.11. The Morgan fingerprint density at radius 2 is 2.00 bits per heavy atom. The summed E-state index contributed by atoms with van der Waals surface area (Å²) in [5.74, 6) is -0.908. The van der Waals surface area contributed by atoms with Crippen molar-refractivity contribution in [2.45, 2.75) is 46.3 Å². The van der Waals surface area contributed by atoms with Crippen molar-refractivity contribution in [2.24, 2.45) is 0 Å². The summed E-state index contributed by atoms with van der Waals surface area (Å²) in [6.07, 6.45) is 0.848. The van der Waals surface area contributed by atoms with E-state index in [4.69, 9.17) is 9.72 Å². The largest absolute Gasteiger partial charge is 0.449 e. The van der Waals surface area contributed by atoms with Crippen LogP contribution in [-0.2, 0) is 22.5 Å². The van der Waals surface area contributed by atoms with Gasteiger partial charge in [-0.05, 0) is 50.6 Å². The average Bonchev–Trinajstić information content (AvgIpc) is 3.23. The van der Waals surface area contributed by atoms with E-state index in [2.05, 4.69) is 22.1 Å². The highest BCUT2D eigenvalue weighted by atomic mass is 32.1. The van der Waals surface area contributed by atoms with E-state index < -0.39 is 18.0 Å². The molecule has 0 spiro atoms. The van der Waals surface area contributed by atoms with Crippen LogP contribution in [0.5, 0.6) is 0 Å². The summed E-state index contributed by atoms with van der Waals surface area (Å²) < 4.78 is 6.71. The highest BCUT2D eigenvalue weighted by molar-refractivity contribution is 7.22. The number of hydrogen-bond acceptors (Lipinski definition) is 7. The van der Waals surface area contributed by atoms with Crippen molar-refractivity contribution < 1.29 is 14.3 Å². The van der Waals surface area contributed by atoms with E-state index in [0.717, 1.165) is 63.9 Å². The van der Waals surface area contributed by atoms with Crippen molar-refractivity contribution in [3.8, 4) is 0 Å². The molecule has 2 aromatic heterocycles. The molecule has 1 atom stereocenters. The zero-order valence-corrected chi connectivity index (χ0v) is 20.9. The fraction of sp³-hybridized carbons (Fsp3) is 0.333. The second kappa shape index (κ2) is 9.71. The molecule has 1 amide bonds. The van der Waals surface area contributed by atoms with E-state index >= 15 is 0 Å². The third-order valence-corrected chi connectivity index (χ3v) is 7.23. The second-order valence-electron chi connectivity index (χ2n) is 8.98. The molecular weight excluding hydrogens is 460 g/mol. The number of carbonyl (C=O) groups is 2. The number of carbonyl (C=O) groups excluding carboxylic acids is 2. The number of pyridine rings is 1. The summed E-state index contributed by atoms with van der Waals surface area (Å²) in [6.45, 7) is 8.28. The van der Waals surface area contributed by atoms with E-state index in [1.807, 2.05) is 49.4 Å². The van der Waals surface area contributed by atoms with Crippen molar-refractivity contribution in [1.82, 2.24) is 14.9 Å². The molecule has 1 unspecified atom stereocenters. The zero-order valence-electron chi connectivity index (χ0n) is 20.1. The van der Waals surface area contributed by atoms with Crippen LogP contribution in [0, 0.1) is 6.92 Å². The van der Waals surface area contributed by atoms with Gasteiger partial charge in [0.2, 0.25) is 0 Å². The van der Waals surface area contributed by atoms with Gasteiger partial charge >= 0.3 is 5.97 Å². The number of fused-ring (bicyclic) bond motifs is 3. The van der Waals surface area contributed by atoms with Crippen LogP contribution in [0.15, 0.2) is 42.5 Å². The Balaban J connectivity index is 1.39. The first-order valence-electron chi connectivity index (χ1n) is 11.9. The van der Waals surface area contributed by atoms with Gasteiger partial charge in [-0.2, -0.15) is 0 Å². The number of aromatic nitrogens is 2. The van der Waals surface area contributed by atoms with Crippen LogP contribution in [0.25, 0.3) is 21.1 Å². The molecule has 35 heavy (non-hydrogen) atoms. The normalized spacial score (nSPS) is 14.6. The molecule has 1 aliphatic heterocycles. The summed E-state index contributed by atoms with van der Waals surface area (Å²) in [5.41, 5.74) is 5.08. The fourth-order valence-corrected chi connectivity index (χ4v) is 5.52. The van der Waals surface area contributed by atoms with Crippen molar-refractivity contribution in [2.75, 3.05) is 18.4 Å². The van der Waals surface area contributed by atoms with E-state index in [-0.39, 0.29) is 0 Å². The van der Waals surface area contributed by atoms with Crippen LogP contribution >= 0.6 is 11.3 Å². The number of rotatable bonds is 6. The maximum atomic E-state index is 13.5. The van der Waals surface area contributed by atoms with E-state index in [1.165, 1.54) is 11.3 Å². The maximum Gasteiger partial charge on any atom is 0.339 e. The lowest BCUT2D eigenvalue weighted by molar-refractivity contribution is -0.123.